The number of aromatic amines is 1. The minimum atomic E-state index is -0.460. The summed E-state index contributed by atoms with van der Waals surface area (Å²) in [6.07, 6.45) is 0. The van der Waals surface area contributed by atoms with Gasteiger partial charge < -0.3 is 16.0 Å². The first kappa shape index (κ1) is 17.9. The molecule has 0 bridgehead atoms. The molecule has 0 saturated carbocycles. The molecule has 0 aliphatic heterocycles. The Morgan fingerprint density at radius 2 is 1.76 bits per heavy atom. The summed E-state index contributed by atoms with van der Waals surface area (Å²) in [4.78, 5) is 45.7. The first-order valence-electron chi connectivity index (χ1n) is 7.45. The Morgan fingerprint density at radius 3 is 2.40 bits per heavy atom. The summed E-state index contributed by atoms with van der Waals surface area (Å²) in [5.41, 5.74) is 0.594. The summed E-state index contributed by atoms with van der Waals surface area (Å²) < 4.78 is 0. The van der Waals surface area contributed by atoms with E-state index in [2.05, 4.69) is 26.1 Å². The van der Waals surface area contributed by atoms with Crippen molar-refractivity contribution in [3.63, 3.8) is 0 Å². The van der Waals surface area contributed by atoms with Crippen LogP contribution >= 0.6 is 0 Å². The number of amides is 3. The quantitative estimate of drug-likeness (QED) is 0.543. The van der Waals surface area contributed by atoms with Gasteiger partial charge in [-0.1, -0.05) is 6.07 Å². The molecule has 1 aromatic heterocycles. The standard InChI is InChI=1S/C16H17N5O4/c1-10(22)19-12-4-2-3-11(9-12)15(24)17-7-8-18-16(25)13-5-6-14(23)21-20-13/h2-6,9H,7-8H2,1H3,(H,17,24)(H,18,25)(H,19,22)(H,21,23). The molecule has 130 valence electrons. The average molecular weight is 343 g/mol. The van der Waals surface area contributed by atoms with Crippen LogP contribution in [0.5, 0.6) is 0 Å². The molecule has 0 fully saturated rings. The molecule has 3 amide bonds. The second kappa shape index (κ2) is 8.39. The van der Waals surface area contributed by atoms with Crippen LogP contribution in [0, 0.1) is 0 Å². The summed E-state index contributed by atoms with van der Waals surface area (Å²) in [5.74, 6) is -1.02. The van der Waals surface area contributed by atoms with Crippen molar-refractivity contribution in [1.29, 1.82) is 0 Å². The summed E-state index contributed by atoms with van der Waals surface area (Å²) in [5, 5.41) is 13.6. The van der Waals surface area contributed by atoms with Gasteiger partial charge in [0.05, 0.1) is 0 Å². The molecular weight excluding hydrogens is 326 g/mol. The van der Waals surface area contributed by atoms with Crippen molar-refractivity contribution < 1.29 is 14.4 Å². The Labute approximate surface area is 142 Å². The lowest BCUT2D eigenvalue weighted by molar-refractivity contribution is -0.114. The first-order chi connectivity index (χ1) is 12.0. The SMILES string of the molecule is CC(=O)Nc1cccc(C(=O)NCCNC(=O)c2ccc(=O)[nH]n2)c1. The average Bonchev–Trinajstić information content (AvgIpc) is 2.58. The highest BCUT2D eigenvalue weighted by Gasteiger charge is 2.08. The number of aromatic nitrogens is 2. The van der Waals surface area contributed by atoms with Crippen molar-refractivity contribution in [2.75, 3.05) is 18.4 Å². The van der Waals surface area contributed by atoms with Crippen LogP contribution in [-0.2, 0) is 4.79 Å². The van der Waals surface area contributed by atoms with E-state index in [1.165, 1.54) is 19.1 Å². The Morgan fingerprint density at radius 1 is 1.04 bits per heavy atom. The lowest BCUT2D eigenvalue weighted by Gasteiger charge is -2.08. The minimum absolute atomic E-state index is 0.0777. The molecule has 0 unspecified atom stereocenters. The van der Waals surface area contributed by atoms with Crippen molar-refractivity contribution in [2.45, 2.75) is 6.92 Å². The van der Waals surface area contributed by atoms with E-state index < -0.39 is 11.5 Å². The van der Waals surface area contributed by atoms with Crippen molar-refractivity contribution in [2.24, 2.45) is 0 Å². The molecule has 9 heteroatoms. The number of nitrogens with one attached hydrogen (secondary N) is 4. The summed E-state index contributed by atoms with van der Waals surface area (Å²) in [7, 11) is 0. The molecule has 1 heterocycles. The van der Waals surface area contributed by atoms with E-state index >= 15 is 0 Å². The van der Waals surface area contributed by atoms with Gasteiger partial charge in [0.15, 0.2) is 0 Å². The molecule has 2 rings (SSSR count). The number of H-pyrrole nitrogens is 1. The predicted molar refractivity (Wildman–Crippen MR) is 90.3 cm³/mol. The number of anilines is 1. The number of benzene rings is 1. The molecule has 9 nitrogen and oxygen atoms in total. The van der Waals surface area contributed by atoms with Gasteiger partial charge >= 0.3 is 0 Å². The van der Waals surface area contributed by atoms with Gasteiger partial charge in [0, 0.05) is 37.3 Å². The van der Waals surface area contributed by atoms with Crippen LogP contribution < -0.4 is 21.5 Å². The zero-order valence-electron chi connectivity index (χ0n) is 13.5. The fourth-order valence-corrected chi connectivity index (χ4v) is 1.96. The zero-order valence-corrected chi connectivity index (χ0v) is 13.5. The van der Waals surface area contributed by atoms with E-state index in [1.54, 1.807) is 24.3 Å². The lowest BCUT2D eigenvalue weighted by atomic mass is 10.2. The molecule has 0 radical (unpaired) electrons. The Kier molecular flexibility index (Phi) is 5.99. The zero-order chi connectivity index (χ0) is 18.2. The third-order valence-electron chi connectivity index (χ3n) is 3.05. The Hall–Kier alpha value is -3.49. The van der Waals surface area contributed by atoms with E-state index in [1.807, 2.05) is 0 Å². The topological polar surface area (TPSA) is 133 Å². The fourth-order valence-electron chi connectivity index (χ4n) is 1.96. The van der Waals surface area contributed by atoms with Gasteiger partial charge in [-0.05, 0) is 24.3 Å². The van der Waals surface area contributed by atoms with E-state index in [9.17, 15) is 19.2 Å². The molecule has 4 N–H and O–H groups in total. The van der Waals surface area contributed by atoms with Crippen LogP contribution in [0.2, 0.25) is 0 Å². The van der Waals surface area contributed by atoms with Gasteiger partial charge in [0.1, 0.15) is 5.69 Å². The number of carbonyl (C=O) groups excluding carboxylic acids is 3. The number of hydrogen-bond acceptors (Lipinski definition) is 5. The fraction of sp³-hybridized carbons (Fsp3) is 0.188. The van der Waals surface area contributed by atoms with E-state index in [-0.39, 0.29) is 30.6 Å². The largest absolute Gasteiger partial charge is 0.350 e. The van der Waals surface area contributed by atoms with Crippen LogP contribution in [0.4, 0.5) is 5.69 Å². The molecule has 0 aliphatic carbocycles. The van der Waals surface area contributed by atoms with Crippen LogP contribution in [0.3, 0.4) is 0 Å². The van der Waals surface area contributed by atoms with Gasteiger partial charge in [-0.25, -0.2) is 5.10 Å². The van der Waals surface area contributed by atoms with Gasteiger partial charge in [-0.3, -0.25) is 19.2 Å². The molecule has 0 atom stereocenters. The first-order valence-corrected chi connectivity index (χ1v) is 7.45. The Bertz CT molecular complexity index is 826. The Balaban J connectivity index is 1.80. The van der Waals surface area contributed by atoms with Crippen LogP contribution in [0.1, 0.15) is 27.8 Å². The lowest BCUT2D eigenvalue weighted by Crippen LogP contribution is -2.35. The summed E-state index contributed by atoms with van der Waals surface area (Å²) in [6.45, 7) is 1.78. The van der Waals surface area contributed by atoms with Crippen molar-refractivity contribution in [3.8, 4) is 0 Å². The second-order valence-electron chi connectivity index (χ2n) is 5.08. The minimum Gasteiger partial charge on any atom is -0.350 e. The van der Waals surface area contributed by atoms with Crippen LogP contribution in [-0.4, -0.2) is 41.0 Å². The number of nitrogens with zero attached hydrogens (tertiary/aromatic N) is 1. The summed E-state index contributed by atoms with van der Waals surface area (Å²) >= 11 is 0. The van der Waals surface area contributed by atoms with E-state index in [0.717, 1.165) is 0 Å². The smallest absolute Gasteiger partial charge is 0.271 e. The number of hydrogen-bond donors (Lipinski definition) is 4. The monoisotopic (exact) mass is 343 g/mol. The molecule has 0 aliphatic rings. The van der Waals surface area contributed by atoms with E-state index in [4.69, 9.17) is 0 Å². The molecule has 0 saturated heterocycles. The maximum atomic E-state index is 12.0. The molecule has 0 spiro atoms. The maximum Gasteiger partial charge on any atom is 0.271 e. The second-order valence-corrected chi connectivity index (χ2v) is 5.08. The maximum absolute atomic E-state index is 12.0. The van der Waals surface area contributed by atoms with Gasteiger partial charge in [-0.15, -0.1) is 0 Å². The third-order valence-corrected chi connectivity index (χ3v) is 3.05. The van der Waals surface area contributed by atoms with Crippen molar-refractivity contribution in [3.05, 3.63) is 58.0 Å². The number of rotatable bonds is 6. The summed E-state index contributed by atoms with van der Waals surface area (Å²) in [6, 6.07) is 9.01. The predicted octanol–water partition coefficient (Wildman–Crippen LogP) is -0.112. The highest BCUT2D eigenvalue weighted by atomic mass is 16.2. The number of carbonyl (C=O) groups is 3. The third kappa shape index (κ3) is 5.57. The molecular formula is C16H17N5O4. The highest BCUT2D eigenvalue weighted by molar-refractivity contribution is 5.97. The molecule has 1 aromatic carbocycles. The van der Waals surface area contributed by atoms with Crippen molar-refractivity contribution in [1.82, 2.24) is 20.8 Å². The van der Waals surface area contributed by atoms with Crippen LogP contribution in [0.25, 0.3) is 0 Å². The molecule has 2 aromatic rings. The van der Waals surface area contributed by atoms with Crippen molar-refractivity contribution >= 4 is 23.4 Å². The molecule has 25 heavy (non-hydrogen) atoms. The van der Waals surface area contributed by atoms with Gasteiger partial charge in [-0.2, -0.15) is 5.10 Å². The normalized spacial score (nSPS) is 9.96. The van der Waals surface area contributed by atoms with E-state index in [0.29, 0.717) is 11.3 Å². The van der Waals surface area contributed by atoms with Crippen LogP contribution in [0.15, 0.2) is 41.2 Å². The van der Waals surface area contributed by atoms with Gasteiger partial charge in [0.2, 0.25) is 5.91 Å². The van der Waals surface area contributed by atoms with Gasteiger partial charge in [0.25, 0.3) is 17.4 Å². The highest BCUT2D eigenvalue weighted by Crippen LogP contribution is 2.10.